The van der Waals surface area contributed by atoms with Crippen molar-refractivity contribution >= 4 is 28.8 Å². The molecule has 1 fully saturated rings. The van der Waals surface area contributed by atoms with Crippen molar-refractivity contribution < 1.29 is 19.1 Å². The zero-order valence-corrected chi connectivity index (χ0v) is 10.8. The van der Waals surface area contributed by atoms with Gasteiger partial charge in [0.2, 0.25) is 0 Å². The van der Waals surface area contributed by atoms with Crippen LogP contribution in [0, 0.1) is 5.92 Å². The van der Waals surface area contributed by atoms with Gasteiger partial charge in [-0.3, -0.25) is 9.59 Å². The minimum absolute atomic E-state index is 0.0477. The number of esters is 2. The fourth-order valence-corrected chi connectivity index (χ4v) is 2.09. The first-order valence-electron chi connectivity index (χ1n) is 5.63. The van der Waals surface area contributed by atoms with Crippen molar-refractivity contribution in [2.24, 2.45) is 5.92 Å². The van der Waals surface area contributed by atoms with Crippen LogP contribution in [0.15, 0.2) is 0 Å². The smallest absolute Gasteiger partial charge is 0.330 e. The summed E-state index contributed by atoms with van der Waals surface area (Å²) >= 11 is 1.06. The third kappa shape index (κ3) is 4.87. The molecule has 1 rings (SSSR count). The van der Waals surface area contributed by atoms with E-state index in [0.29, 0.717) is 12.2 Å². The molecule has 1 aliphatic rings. The van der Waals surface area contributed by atoms with Gasteiger partial charge in [0.15, 0.2) is 5.12 Å². The van der Waals surface area contributed by atoms with Crippen molar-refractivity contribution in [3.63, 3.8) is 0 Å². The van der Waals surface area contributed by atoms with E-state index in [9.17, 15) is 14.4 Å². The number of rotatable bonds is 4. The standard InChI is InChI=1S/C11H17NO4S/c1-7(6-17-8(2)13)10(14)16-11(15)9-4-3-5-12-9/h7,9,12H,3-6H2,1-2H3/t7?,9-/m0/s1. The lowest BCUT2D eigenvalue weighted by Crippen LogP contribution is -2.35. The fraction of sp³-hybridized carbons (Fsp3) is 0.727. The molecule has 2 atom stereocenters. The predicted molar refractivity (Wildman–Crippen MR) is 64.4 cm³/mol. The molecule has 6 heteroatoms. The molecule has 1 aliphatic heterocycles. The lowest BCUT2D eigenvalue weighted by molar-refractivity contribution is -0.163. The molecule has 0 bridgehead atoms. The number of carbonyl (C=O) groups is 3. The van der Waals surface area contributed by atoms with Gasteiger partial charge in [0.1, 0.15) is 6.04 Å². The van der Waals surface area contributed by atoms with E-state index in [4.69, 9.17) is 4.74 Å². The van der Waals surface area contributed by atoms with Crippen LogP contribution in [-0.2, 0) is 19.1 Å². The number of ether oxygens (including phenoxy) is 1. The molecule has 0 saturated carbocycles. The second-order valence-electron chi connectivity index (χ2n) is 4.09. The van der Waals surface area contributed by atoms with E-state index in [2.05, 4.69) is 5.32 Å². The average Bonchev–Trinajstić information content (AvgIpc) is 2.78. The van der Waals surface area contributed by atoms with Crippen molar-refractivity contribution in [3.05, 3.63) is 0 Å². The summed E-state index contributed by atoms with van der Waals surface area (Å²) in [7, 11) is 0. The highest BCUT2D eigenvalue weighted by atomic mass is 32.2. The molecule has 0 radical (unpaired) electrons. The minimum Gasteiger partial charge on any atom is -0.392 e. The summed E-state index contributed by atoms with van der Waals surface area (Å²) in [5, 5.41) is 2.92. The Morgan fingerprint density at radius 2 is 2.18 bits per heavy atom. The Morgan fingerprint density at radius 3 is 2.71 bits per heavy atom. The molecule has 1 N–H and O–H groups in total. The Hall–Kier alpha value is -0.880. The van der Waals surface area contributed by atoms with E-state index in [1.54, 1.807) is 6.92 Å². The fourth-order valence-electron chi connectivity index (χ4n) is 1.47. The Kier molecular flexibility index (Phi) is 5.64. The van der Waals surface area contributed by atoms with E-state index in [0.717, 1.165) is 24.7 Å². The lowest BCUT2D eigenvalue weighted by atomic mass is 10.2. The quantitative estimate of drug-likeness (QED) is 0.592. The first kappa shape index (κ1) is 14.2. The van der Waals surface area contributed by atoms with Crippen molar-refractivity contribution in [3.8, 4) is 0 Å². The first-order valence-corrected chi connectivity index (χ1v) is 6.61. The maximum absolute atomic E-state index is 11.5. The van der Waals surface area contributed by atoms with Crippen molar-refractivity contribution in [2.75, 3.05) is 12.3 Å². The zero-order valence-electron chi connectivity index (χ0n) is 10.0. The maximum Gasteiger partial charge on any atom is 0.330 e. The highest BCUT2D eigenvalue weighted by Gasteiger charge is 2.27. The molecular formula is C11H17NO4S. The second kappa shape index (κ2) is 6.76. The SMILES string of the molecule is CC(=O)SCC(C)C(=O)OC(=O)[C@@H]1CCCN1. The summed E-state index contributed by atoms with van der Waals surface area (Å²) in [5.41, 5.74) is 0. The molecule has 0 aliphatic carbocycles. The zero-order chi connectivity index (χ0) is 12.8. The van der Waals surface area contributed by atoms with Gasteiger partial charge >= 0.3 is 11.9 Å². The van der Waals surface area contributed by atoms with Crippen LogP contribution < -0.4 is 5.32 Å². The van der Waals surface area contributed by atoms with Crippen molar-refractivity contribution in [2.45, 2.75) is 32.7 Å². The van der Waals surface area contributed by atoms with Gasteiger partial charge in [-0.05, 0) is 19.4 Å². The molecule has 5 nitrogen and oxygen atoms in total. The highest BCUT2D eigenvalue weighted by Crippen LogP contribution is 2.12. The Labute approximate surface area is 105 Å². The average molecular weight is 259 g/mol. The summed E-state index contributed by atoms with van der Waals surface area (Å²) in [5.74, 6) is -1.17. The number of hydrogen-bond donors (Lipinski definition) is 1. The predicted octanol–water partition coefficient (Wildman–Crippen LogP) is 0.724. The maximum atomic E-state index is 11.5. The van der Waals surface area contributed by atoms with Crippen LogP contribution in [0.2, 0.25) is 0 Å². The third-order valence-electron chi connectivity index (χ3n) is 2.48. The normalized spacial score (nSPS) is 20.9. The molecule has 0 spiro atoms. The van der Waals surface area contributed by atoms with Crippen molar-refractivity contribution in [1.82, 2.24) is 5.32 Å². The number of nitrogens with one attached hydrogen (secondary N) is 1. The highest BCUT2D eigenvalue weighted by molar-refractivity contribution is 8.13. The Bertz CT molecular complexity index is 313. The van der Waals surface area contributed by atoms with E-state index in [1.807, 2.05) is 0 Å². The lowest BCUT2D eigenvalue weighted by Gasteiger charge is -2.12. The van der Waals surface area contributed by atoms with Gasteiger partial charge < -0.3 is 10.1 Å². The topological polar surface area (TPSA) is 72.5 Å². The molecule has 0 aromatic carbocycles. The molecule has 1 heterocycles. The van der Waals surface area contributed by atoms with E-state index >= 15 is 0 Å². The second-order valence-corrected chi connectivity index (χ2v) is 5.29. The first-order chi connectivity index (χ1) is 8.00. The van der Waals surface area contributed by atoms with Crippen LogP contribution in [0.3, 0.4) is 0 Å². The van der Waals surface area contributed by atoms with Crippen LogP contribution in [0.25, 0.3) is 0 Å². The van der Waals surface area contributed by atoms with Gasteiger partial charge in [0.25, 0.3) is 0 Å². The number of hydrogen-bond acceptors (Lipinski definition) is 6. The molecule has 96 valence electrons. The molecule has 0 aromatic rings. The van der Waals surface area contributed by atoms with Crippen LogP contribution in [0.5, 0.6) is 0 Å². The summed E-state index contributed by atoms with van der Waals surface area (Å²) in [6.45, 7) is 3.87. The summed E-state index contributed by atoms with van der Waals surface area (Å²) in [6.07, 6.45) is 1.63. The van der Waals surface area contributed by atoms with Gasteiger partial charge in [-0.2, -0.15) is 0 Å². The van der Waals surface area contributed by atoms with Gasteiger partial charge in [-0.25, -0.2) is 4.79 Å². The molecule has 1 unspecified atom stereocenters. The van der Waals surface area contributed by atoms with Crippen LogP contribution in [-0.4, -0.2) is 35.4 Å². The van der Waals surface area contributed by atoms with Crippen LogP contribution in [0.4, 0.5) is 0 Å². The summed E-state index contributed by atoms with van der Waals surface area (Å²) in [4.78, 5) is 33.8. The van der Waals surface area contributed by atoms with E-state index in [-0.39, 0.29) is 11.2 Å². The van der Waals surface area contributed by atoms with Crippen LogP contribution in [0.1, 0.15) is 26.7 Å². The largest absolute Gasteiger partial charge is 0.392 e. The summed E-state index contributed by atoms with van der Waals surface area (Å²) in [6, 6.07) is -0.355. The van der Waals surface area contributed by atoms with Crippen LogP contribution >= 0.6 is 11.8 Å². The third-order valence-corrected chi connectivity index (χ3v) is 3.56. The molecule has 0 aromatic heterocycles. The Morgan fingerprint density at radius 1 is 1.47 bits per heavy atom. The van der Waals surface area contributed by atoms with Gasteiger partial charge in [-0.15, -0.1) is 0 Å². The van der Waals surface area contributed by atoms with Gasteiger partial charge in [-0.1, -0.05) is 18.7 Å². The molecule has 1 saturated heterocycles. The molecular weight excluding hydrogens is 242 g/mol. The Balaban J connectivity index is 2.31. The number of carbonyl (C=O) groups excluding carboxylic acids is 3. The number of thioether (sulfide) groups is 1. The van der Waals surface area contributed by atoms with E-state index < -0.39 is 17.9 Å². The van der Waals surface area contributed by atoms with Crippen molar-refractivity contribution in [1.29, 1.82) is 0 Å². The molecule has 0 amide bonds. The molecule has 17 heavy (non-hydrogen) atoms. The van der Waals surface area contributed by atoms with E-state index in [1.165, 1.54) is 6.92 Å². The van der Waals surface area contributed by atoms with Gasteiger partial charge in [0.05, 0.1) is 5.92 Å². The van der Waals surface area contributed by atoms with Gasteiger partial charge in [0, 0.05) is 12.7 Å². The summed E-state index contributed by atoms with van der Waals surface area (Å²) < 4.78 is 4.76. The monoisotopic (exact) mass is 259 g/mol. The minimum atomic E-state index is -0.558.